The number of nitrogens with zero attached hydrogens (tertiary/aromatic N) is 3. The Morgan fingerprint density at radius 3 is 2.86 bits per heavy atom. The van der Waals surface area contributed by atoms with E-state index in [9.17, 15) is 4.79 Å². The molecule has 0 spiro atoms. The van der Waals surface area contributed by atoms with Gasteiger partial charge in [0.15, 0.2) is 10.3 Å². The maximum absolute atomic E-state index is 11.3. The number of methoxy groups -OCH3 is 1. The largest absolute Gasteiger partial charge is 0.383 e. The minimum absolute atomic E-state index is 0.167. The highest BCUT2D eigenvalue weighted by molar-refractivity contribution is 7.99. The number of nitrogens with one attached hydrogen (secondary N) is 2. The van der Waals surface area contributed by atoms with Crippen LogP contribution in [0.4, 0.5) is 5.82 Å². The van der Waals surface area contributed by atoms with Crippen molar-refractivity contribution >= 4 is 17.6 Å². The van der Waals surface area contributed by atoms with E-state index in [1.807, 2.05) is 0 Å². The number of nitrogen functional groups attached to an aromatic ring is 1. The molecule has 2 aromatic heterocycles. The summed E-state index contributed by atoms with van der Waals surface area (Å²) in [5, 5.41) is 4.06. The van der Waals surface area contributed by atoms with Crippen LogP contribution in [-0.4, -0.2) is 40.2 Å². The first-order chi connectivity index (χ1) is 10.2. The van der Waals surface area contributed by atoms with E-state index in [0.717, 1.165) is 23.9 Å². The summed E-state index contributed by atoms with van der Waals surface area (Å²) in [7, 11) is 1.66. The standard InChI is InChI=1S/C12H16N6O2S/c1-20-3-2-14-5-8-6-15-11(16-7-8)21-12-17-9(13)4-10(19)18-12/h4,6-7,14H,2-3,5H2,1H3,(H3,13,17,18,19). The molecule has 0 fully saturated rings. The van der Waals surface area contributed by atoms with E-state index in [1.54, 1.807) is 19.5 Å². The lowest BCUT2D eigenvalue weighted by molar-refractivity contribution is 0.199. The van der Waals surface area contributed by atoms with Crippen molar-refractivity contribution in [3.05, 3.63) is 34.4 Å². The molecule has 0 bridgehead atoms. The quantitative estimate of drug-likeness (QED) is 0.484. The van der Waals surface area contributed by atoms with Crippen LogP contribution in [0.1, 0.15) is 5.56 Å². The van der Waals surface area contributed by atoms with Crippen molar-refractivity contribution in [3.8, 4) is 0 Å². The highest BCUT2D eigenvalue weighted by Gasteiger charge is 2.04. The molecule has 0 saturated heterocycles. The number of hydrogen-bond acceptors (Lipinski definition) is 8. The monoisotopic (exact) mass is 308 g/mol. The molecule has 0 aliphatic carbocycles. The number of aromatic amines is 1. The molecule has 0 aromatic carbocycles. The van der Waals surface area contributed by atoms with Crippen LogP contribution in [-0.2, 0) is 11.3 Å². The number of ether oxygens (including phenoxy) is 1. The molecule has 0 saturated carbocycles. The molecule has 2 rings (SSSR count). The van der Waals surface area contributed by atoms with Crippen LogP contribution in [0, 0.1) is 0 Å². The lowest BCUT2D eigenvalue weighted by Gasteiger charge is -2.04. The maximum Gasteiger partial charge on any atom is 0.253 e. The first-order valence-electron chi connectivity index (χ1n) is 6.22. The van der Waals surface area contributed by atoms with Gasteiger partial charge in [-0.15, -0.1) is 0 Å². The van der Waals surface area contributed by atoms with Gasteiger partial charge in [-0.25, -0.2) is 15.0 Å². The van der Waals surface area contributed by atoms with E-state index in [4.69, 9.17) is 10.5 Å². The third-order valence-corrected chi connectivity index (χ3v) is 3.20. The van der Waals surface area contributed by atoms with Crippen LogP contribution in [0.2, 0.25) is 0 Å². The van der Waals surface area contributed by atoms with Gasteiger partial charge in [0.2, 0.25) is 0 Å². The average Bonchev–Trinajstić information content (AvgIpc) is 2.44. The van der Waals surface area contributed by atoms with Crippen LogP contribution in [0.3, 0.4) is 0 Å². The zero-order valence-corrected chi connectivity index (χ0v) is 12.3. The van der Waals surface area contributed by atoms with Crippen molar-refractivity contribution in [1.82, 2.24) is 25.3 Å². The minimum atomic E-state index is -0.302. The molecule has 0 atom stereocenters. The summed E-state index contributed by atoms with van der Waals surface area (Å²) in [4.78, 5) is 26.3. The molecule has 0 amide bonds. The predicted molar refractivity (Wildman–Crippen MR) is 79.0 cm³/mol. The van der Waals surface area contributed by atoms with Gasteiger partial charge in [0.05, 0.1) is 6.61 Å². The van der Waals surface area contributed by atoms with E-state index in [1.165, 1.54) is 6.07 Å². The zero-order valence-electron chi connectivity index (χ0n) is 11.5. The second-order valence-electron chi connectivity index (χ2n) is 4.12. The third-order valence-electron chi connectivity index (χ3n) is 2.42. The predicted octanol–water partition coefficient (Wildman–Crippen LogP) is 0.0293. The van der Waals surface area contributed by atoms with Gasteiger partial charge in [0.25, 0.3) is 5.56 Å². The average molecular weight is 308 g/mol. The van der Waals surface area contributed by atoms with E-state index < -0.39 is 0 Å². The van der Waals surface area contributed by atoms with Gasteiger partial charge in [-0.3, -0.25) is 4.79 Å². The van der Waals surface area contributed by atoms with Crippen molar-refractivity contribution in [2.45, 2.75) is 16.9 Å². The Hall–Kier alpha value is -1.97. The zero-order chi connectivity index (χ0) is 15.1. The normalized spacial score (nSPS) is 10.7. The number of rotatable bonds is 7. The Morgan fingerprint density at radius 1 is 1.43 bits per heavy atom. The van der Waals surface area contributed by atoms with Crippen LogP contribution in [0.15, 0.2) is 33.6 Å². The molecule has 2 heterocycles. The van der Waals surface area contributed by atoms with Gasteiger partial charge in [-0.1, -0.05) is 0 Å². The van der Waals surface area contributed by atoms with Crippen molar-refractivity contribution in [2.75, 3.05) is 26.0 Å². The van der Waals surface area contributed by atoms with Gasteiger partial charge in [-0.2, -0.15) is 0 Å². The SMILES string of the molecule is COCCNCc1cnc(Sc2nc(N)cc(=O)[nH]2)nc1. The second-order valence-corrected chi connectivity index (χ2v) is 5.08. The highest BCUT2D eigenvalue weighted by atomic mass is 32.2. The maximum atomic E-state index is 11.3. The topological polar surface area (TPSA) is 119 Å². The number of anilines is 1. The second kappa shape index (κ2) is 7.72. The molecular formula is C12H16N6O2S. The summed E-state index contributed by atoms with van der Waals surface area (Å²) >= 11 is 1.15. The first kappa shape index (κ1) is 15.4. The number of nitrogens with two attached hydrogens (primary N) is 1. The Balaban J connectivity index is 1.94. The molecule has 21 heavy (non-hydrogen) atoms. The fourth-order valence-electron chi connectivity index (χ4n) is 1.48. The van der Waals surface area contributed by atoms with Crippen molar-refractivity contribution < 1.29 is 4.74 Å². The number of aromatic nitrogens is 4. The molecule has 2 aromatic rings. The lowest BCUT2D eigenvalue weighted by Crippen LogP contribution is -2.18. The molecule has 8 nitrogen and oxygen atoms in total. The van der Waals surface area contributed by atoms with Crippen LogP contribution in [0.5, 0.6) is 0 Å². The number of hydrogen-bond donors (Lipinski definition) is 3. The molecule has 112 valence electrons. The smallest absolute Gasteiger partial charge is 0.253 e. The summed E-state index contributed by atoms with van der Waals surface area (Å²) < 4.78 is 4.94. The van der Waals surface area contributed by atoms with Gasteiger partial charge in [0.1, 0.15) is 5.82 Å². The molecule has 0 radical (unpaired) electrons. The Labute approximate surface area is 125 Å². The summed E-state index contributed by atoms with van der Waals surface area (Å²) in [5.74, 6) is 0.167. The van der Waals surface area contributed by atoms with E-state index in [0.29, 0.717) is 23.5 Å². The Kier molecular flexibility index (Phi) is 5.67. The third kappa shape index (κ3) is 5.14. The summed E-state index contributed by atoms with van der Waals surface area (Å²) in [6.45, 7) is 2.09. The molecular weight excluding hydrogens is 292 g/mol. The first-order valence-corrected chi connectivity index (χ1v) is 7.04. The van der Waals surface area contributed by atoms with E-state index in [2.05, 4.69) is 25.3 Å². The van der Waals surface area contributed by atoms with Gasteiger partial charge in [-0.05, 0) is 11.8 Å². The van der Waals surface area contributed by atoms with Crippen LogP contribution < -0.4 is 16.6 Å². The Morgan fingerprint density at radius 2 is 2.19 bits per heavy atom. The van der Waals surface area contributed by atoms with Gasteiger partial charge >= 0.3 is 0 Å². The molecule has 0 aliphatic rings. The minimum Gasteiger partial charge on any atom is -0.383 e. The van der Waals surface area contributed by atoms with E-state index >= 15 is 0 Å². The molecule has 4 N–H and O–H groups in total. The van der Waals surface area contributed by atoms with Gasteiger partial charge < -0.3 is 20.8 Å². The summed E-state index contributed by atoms with van der Waals surface area (Å²) in [6.07, 6.45) is 3.44. The summed E-state index contributed by atoms with van der Waals surface area (Å²) in [6, 6.07) is 1.22. The number of H-pyrrole nitrogens is 1. The van der Waals surface area contributed by atoms with Gasteiger partial charge in [0, 0.05) is 44.2 Å². The fourth-order valence-corrected chi connectivity index (χ4v) is 2.17. The molecule has 9 heteroatoms. The Bertz CT molecular complexity index is 630. The van der Waals surface area contributed by atoms with Crippen molar-refractivity contribution in [2.24, 2.45) is 0 Å². The fraction of sp³-hybridized carbons (Fsp3) is 0.333. The van der Waals surface area contributed by atoms with Crippen molar-refractivity contribution in [3.63, 3.8) is 0 Å². The summed E-state index contributed by atoms with van der Waals surface area (Å²) in [5.41, 5.74) is 6.17. The van der Waals surface area contributed by atoms with Crippen LogP contribution in [0.25, 0.3) is 0 Å². The lowest BCUT2D eigenvalue weighted by atomic mass is 10.3. The highest BCUT2D eigenvalue weighted by Crippen LogP contribution is 2.19. The molecule has 0 aliphatic heterocycles. The van der Waals surface area contributed by atoms with Crippen molar-refractivity contribution in [1.29, 1.82) is 0 Å². The molecule has 0 unspecified atom stereocenters. The van der Waals surface area contributed by atoms with Crippen LogP contribution >= 0.6 is 11.8 Å². The van der Waals surface area contributed by atoms with E-state index in [-0.39, 0.29) is 11.4 Å².